The lowest BCUT2D eigenvalue weighted by atomic mass is 9.97. The Morgan fingerprint density at radius 3 is 2.53 bits per heavy atom. The molecular formula is C13H13BrFNO3. The Morgan fingerprint density at radius 2 is 1.95 bits per heavy atom. The second-order valence-electron chi connectivity index (χ2n) is 4.67. The van der Waals surface area contributed by atoms with Crippen molar-refractivity contribution in [1.29, 1.82) is 0 Å². The molecule has 1 saturated carbocycles. The van der Waals surface area contributed by atoms with Crippen LogP contribution in [0.25, 0.3) is 0 Å². The molecule has 1 fully saturated rings. The van der Waals surface area contributed by atoms with Gasteiger partial charge in [-0.25, -0.2) is 9.18 Å². The lowest BCUT2D eigenvalue weighted by Crippen LogP contribution is -2.52. The molecule has 4 nitrogen and oxygen atoms in total. The van der Waals surface area contributed by atoms with E-state index in [9.17, 15) is 19.1 Å². The minimum atomic E-state index is -1.22. The standard InChI is InChI=1S/C13H13BrFNO3/c14-10-4-3-8(15)7-9(10)11(17)16-13(12(18)19)5-1-2-6-13/h3-4,7H,1-2,5-6H2,(H,16,17)(H,18,19). The number of carboxylic acid groups (broad SMARTS) is 1. The van der Waals surface area contributed by atoms with E-state index < -0.39 is 23.2 Å². The van der Waals surface area contributed by atoms with E-state index in [4.69, 9.17) is 0 Å². The maximum absolute atomic E-state index is 13.2. The third-order valence-corrected chi connectivity index (χ3v) is 4.08. The van der Waals surface area contributed by atoms with E-state index in [-0.39, 0.29) is 5.56 Å². The lowest BCUT2D eigenvalue weighted by Gasteiger charge is -2.25. The van der Waals surface area contributed by atoms with Crippen molar-refractivity contribution in [2.24, 2.45) is 0 Å². The van der Waals surface area contributed by atoms with Crippen LogP contribution in [0.1, 0.15) is 36.0 Å². The number of rotatable bonds is 3. The molecule has 0 spiro atoms. The predicted octanol–water partition coefficient (Wildman–Crippen LogP) is 2.72. The topological polar surface area (TPSA) is 66.4 Å². The quantitative estimate of drug-likeness (QED) is 0.896. The SMILES string of the molecule is O=C(NC1(C(=O)O)CCCC1)c1cc(F)ccc1Br. The molecule has 19 heavy (non-hydrogen) atoms. The zero-order chi connectivity index (χ0) is 14.0. The first-order chi connectivity index (χ1) is 8.94. The minimum absolute atomic E-state index is 0.104. The Balaban J connectivity index is 2.25. The smallest absolute Gasteiger partial charge is 0.329 e. The van der Waals surface area contributed by atoms with E-state index in [1.165, 1.54) is 12.1 Å². The van der Waals surface area contributed by atoms with Crippen LogP contribution in [0.3, 0.4) is 0 Å². The monoisotopic (exact) mass is 329 g/mol. The summed E-state index contributed by atoms with van der Waals surface area (Å²) in [5, 5.41) is 11.8. The van der Waals surface area contributed by atoms with Gasteiger partial charge in [0.15, 0.2) is 0 Å². The molecule has 1 amide bonds. The third-order valence-electron chi connectivity index (χ3n) is 3.39. The molecule has 0 heterocycles. The molecule has 0 radical (unpaired) electrons. The van der Waals surface area contributed by atoms with Crippen molar-refractivity contribution in [3.63, 3.8) is 0 Å². The van der Waals surface area contributed by atoms with Crippen LogP contribution in [0.4, 0.5) is 4.39 Å². The average molecular weight is 330 g/mol. The van der Waals surface area contributed by atoms with Gasteiger partial charge in [0.25, 0.3) is 5.91 Å². The summed E-state index contributed by atoms with van der Waals surface area (Å²) in [6.45, 7) is 0. The zero-order valence-electron chi connectivity index (χ0n) is 10.1. The van der Waals surface area contributed by atoms with Gasteiger partial charge in [-0.05, 0) is 47.0 Å². The van der Waals surface area contributed by atoms with Crippen LogP contribution in [-0.2, 0) is 4.79 Å². The Morgan fingerprint density at radius 1 is 1.32 bits per heavy atom. The van der Waals surface area contributed by atoms with Crippen molar-refractivity contribution in [1.82, 2.24) is 5.32 Å². The van der Waals surface area contributed by atoms with Gasteiger partial charge in [0, 0.05) is 4.47 Å². The Hall–Kier alpha value is -1.43. The summed E-state index contributed by atoms with van der Waals surface area (Å²) in [5.74, 6) is -2.15. The fourth-order valence-electron chi connectivity index (χ4n) is 2.33. The molecule has 0 atom stereocenters. The van der Waals surface area contributed by atoms with E-state index in [0.29, 0.717) is 17.3 Å². The molecule has 0 saturated heterocycles. The molecule has 0 aromatic heterocycles. The fraction of sp³-hybridized carbons (Fsp3) is 0.385. The molecule has 1 aromatic carbocycles. The van der Waals surface area contributed by atoms with Crippen LogP contribution in [0, 0.1) is 5.82 Å². The van der Waals surface area contributed by atoms with Crippen molar-refractivity contribution in [3.8, 4) is 0 Å². The van der Waals surface area contributed by atoms with Gasteiger partial charge in [0.2, 0.25) is 0 Å². The van der Waals surface area contributed by atoms with Crippen molar-refractivity contribution < 1.29 is 19.1 Å². The van der Waals surface area contributed by atoms with Gasteiger partial charge in [-0.1, -0.05) is 12.8 Å². The Labute approximate surface area is 118 Å². The van der Waals surface area contributed by atoms with Gasteiger partial charge >= 0.3 is 5.97 Å². The first kappa shape index (κ1) is 14.0. The summed E-state index contributed by atoms with van der Waals surface area (Å²) in [6, 6.07) is 3.74. The minimum Gasteiger partial charge on any atom is -0.480 e. The van der Waals surface area contributed by atoms with E-state index >= 15 is 0 Å². The van der Waals surface area contributed by atoms with E-state index in [0.717, 1.165) is 18.9 Å². The highest BCUT2D eigenvalue weighted by molar-refractivity contribution is 9.10. The number of amides is 1. The first-order valence-electron chi connectivity index (χ1n) is 5.95. The molecule has 1 aromatic rings. The summed E-state index contributed by atoms with van der Waals surface area (Å²) in [6.07, 6.45) is 2.33. The molecule has 0 unspecified atom stereocenters. The lowest BCUT2D eigenvalue weighted by molar-refractivity contribution is -0.144. The maximum Gasteiger partial charge on any atom is 0.329 e. The van der Waals surface area contributed by atoms with Crippen molar-refractivity contribution >= 4 is 27.8 Å². The van der Waals surface area contributed by atoms with Gasteiger partial charge in [-0.3, -0.25) is 4.79 Å². The largest absolute Gasteiger partial charge is 0.480 e. The maximum atomic E-state index is 13.2. The number of benzene rings is 1. The number of carbonyl (C=O) groups excluding carboxylic acids is 1. The molecule has 0 aliphatic heterocycles. The van der Waals surface area contributed by atoms with Gasteiger partial charge in [-0.2, -0.15) is 0 Å². The van der Waals surface area contributed by atoms with Crippen LogP contribution < -0.4 is 5.32 Å². The van der Waals surface area contributed by atoms with Crippen molar-refractivity contribution in [2.75, 3.05) is 0 Å². The average Bonchev–Trinajstić information content (AvgIpc) is 2.82. The van der Waals surface area contributed by atoms with Gasteiger partial charge in [0.1, 0.15) is 11.4 Å². The Bertz CT molecular complexity index is 527. The normalized spacial score (nSPS) is 17.2. The molecule has 1 aliphatic carbocycles. The number of hydrogen-bond acceptors (Lipinski definition) is 2. The summed E-state index contributed by atoms with van der Waals surface area (Å²) >= 11 is 3.16. The summed E-state index contributed by atoms with van der Waals surface area (Å²) < 4.78 is 13.6. The van der Waals surface area contributed by atoms with E-state index in [2.05, 4.69) is 21.2 Å². The van der Waals surface area contributed by atoms with Gasteiger partial charge in [-0.15, -0.1) is 0 Å². The van der Waals surface area contributed by atoms with E-state index in [1.807, 2.05) is 0 Å². The Kier molecular flexibility index (Phi) is 3.89. The molecule has 102 valence electrons. The summed E-state index contributed by atoms with van der Waals surface area (Å²) in [7, 11) is 0. The number of carboxylic acids is 1. The summed E-state index contributed by atoms with van der Waals surface area (Å²) in [5.41, 5.74) is -1.12. The van der Waals surface area contributed by atoms with Crippen molar-refractivity contribution in [3.05, 3.63) is 34.1 Å². The molecule has 2 N–H and O–H groups in total. The van der Waals surface area contributed by atoms with Crippen LogP contribution >= 0.6 is 15.9 Å². The highest BCUT2D eigenvalue weighted by atomic mass is 79.9. The summed E-state index contributed by atoms with van der Waals surface area (Å²) in [4.78, 5) is 23.5. The van der Waals surface area contributed by atoms with Crippen LogP contribution in [0.5, 0.6) is 0 Å². The number of aliphatic carboxylic acids is 1. The third kappa shape index (κ3) is 2.78. The highest BCUT2D eigenvalue weighted by Crippen LogP contribution is 2.30. The number of nitrogens with one attached hydrogen (secondary N) is 1. The van der Waals surface area contributed by atoms with E-state index in [1.54, 1.807) is 0 Å². The fourth-order valence-corrected chi connectivity index (χ4v) is 2.75. The highest BCUT2D eigenvalue weighted by Gasteiger charge is 2.42. The molecule has 6 heteroatoms. The molecular weight excluding hydrogens is 317 g/mol. The first-order valence-corrected chi connectivity index (χ1v) is 6.75. The predicted molar refractivity (Wildman–Crippen MR) is 70.4 cm³/mol. The zero-order valence-corrected chi connectivity index (χ0v) is 11.7. The molecule has 1 aliphatic rings. The van der Waals surface area contributed by atoms with Gasteiger partial charge in [0.05, 0.1) is 5.56 Å². The van der Waals surface area contributed by atoms with Gasteiger partial charge < -0.3 is 10.4 Å². The number of halogens is 2. The van der Waals surface area contributed by atoms with Crippen LogP contribution in [0.2, 0.25) is 0 Å². The number of carbonyl (C=O) groups is 2. The molecule has 0 bridgehead atoms. The van der Waals surface area contributed by atoms with Crippen LogP contribution in [0.15, 0.2) is 22.7 Å². The second kappa shape index (κ2) is 5.28. The number of hydrogen-bond donors (Lipinski definition) is 2. The van der Waals surface area contributed by atoms with Crippen LogP contribution in [-0.4, -0.2) is 22.5 Å². The van der Waals surface area contributed by atoms with Crippen molar-refractivity contribution in [2.45, 2.75) is 31.2 Å². The molecule has 2 rings (SSSR count). The second-order valence-corrected chi connectivity index (χ2v) is 5.53.